The number of carbonyl (C=O) groups is 1. The van der Waals surface area contributed by atoms with Crippen molar-refractivity contribution in [3.8, 4) is 0 Å². The highest BCUT2D eigenvalue weighted by Crippen LogP contribution is 2.63. The molecule has 3 rings (SSSR count). The van der Waals surface area contributed by atoms with Gasteiger partial charge in [-0.05, 0) is 79.6 Å². The molecule has 0 saturated heterocycles. The van der Waals surface area contributed by atoms with Gasteiger partial charge in [0.05, 0.1) is 0 Å². The van der Waals surface area contributed by atoms with Crippen molar-refractivity contribution in [1.29, 1.82) is 0 Å². The molecule has 3 aliphatic rings. The molecule has 4 atom stereocenters. The Bertz CT molecular complexity index is 666. The van der Waals surface area contributed by atoms with Crippen molar-refractivity contribution < 1.29 is 9.90 Å². The Labute approximate surface area is 159 Å². The summed E-state index contributed by atoms with van der Waals surface area (Å²) in [5.41, 5.74) is 4.29. The topological polar surface area (TPSA) is 37.3 Å². The summed E-state index contributed by atoms with van der Waals surface area (Å²) in [6, 6.07) is 0. The van der Waals surface area contributed by atoms with Crippen molar-refractivity contribution in [1.82, 2.24) is 0 Å². The molecule has 26 heavy (non-hydrogen) atoms. The number of allylic oxidation sites excluding steroid dienone is 5. The lowest BCUT2D eigenvalue weighted by Gasteiger charge is -2.58. The van der Waals surface area contributed by atoms with E-state index in [1.807, 2.05) is 6.08 Å². The van der Waals surface area contributed by atoms with Crippen molar-refractivity contribution in [2.75, 3.05) is 0 Å². The van der Waals surface area contributed by atoms with E-state index in [2.05, 4.69) is 39.8 Å². The molecule has 1 N–H and O–H groups in total. The third kappa shape index (κ3) is 3.32. The van der Waals surface area contributed by atoms with Gasteiger partial charge in [-0.15, -0.1) is 0 Å². The predicted molar refractivity (Wildman–Crippen MR) is 108 cm³/mol. The van der Waals surface area contributed by atoms with E-state index in [4.69, 9.17) is 0 Å². The maximum atomic E-state index is 11.2. The van der Waals surface area contributed by atoms with E-state index in [0.717, 1.165) is 12.8 Å². The lowest BCUT2D eigenvalue weighted by molar-refractivity contribution is -0.132. The van der Waals surface area contributed by atoms with Gasteiger partial charge >= 0.3 is 5.97 Å². The average molecular weight is 357 g/mol. The smallest absolute Gasteiger partial charge is 0.330 e. The van der Waals surface area contributed by atoms with Gasteiger partial charge < -0.3 is 5.11 Å². The summed E-state index contributed by atoms with van der Waals surface area (Å²) in [6.45, 7) is 11.3. The number of carboxylic acids is 1. The molecule has 0 aliphatic heterocycles. The second kappa shape index (κ2) is 7.02. The molecule has 144 valence electrons. The highest BCUT2D eigenvalue weighted by Gasteiger charge is 2.53. The van der Waals surface area contributed by atoms with Gasteiger partial charge in [-0.2, -0.15) is 0 Å². The van der Waals surface area contributed by atoms with Crippen LogP contribution in [0, 0.1) is 28.6 Å². The lowest BCUT2D eigenvalue weighted by atomic mass is 9.46. The Balaban J connectivity index is 1.90. The maximum Gasteiger partial charge on any atom is 0.330 e. The van der Waals surface area contributed by atoms with Crippen LogP contribution in [0.1, 0.15) is 79.6 Å². The molecule has 0 heterocycles. The molecule has 0 spiro atoms. The molecule has 1 saturated carbocycles. The van der Waals surface area contributed by atoms with Crippen molar-refractivity contribution in [3.63, 3.8) is 0 Å². The molecule has 0 aromatic heterocycles. The highest BCUT2D eigenvalue weighted by molar-refractivity contribution is 5.85. The summed E-state index contributed by atoms with van der Waals surface area (Å²) in [5.74, 6) is 1.22. The molecule has 0 aromatic carbocycles. The predicted octanol–water partition coefficient (Wildman–Crippen LogP) is 6.54. The Hall–Kier alpha value is -1.31. The minimum atomic E-state index is -0.781. The summed E-state index contributed by atoms with van der Waals surface area (Å²) in [6.07, 6.45) is 15.4. The Morgan fingerprint density at radius 1 is 1.35 bits per heavy atom. The first-order valence-electron chi connectivity index (χ1n) is 10.5. The van der Waals surface area contributed by atoms with Crippen LogP contribution in [0.25, 0.3) is 0 Å². The quantitative estimate of drug-likeness (QED) is 0.580. The third-order valence-corrected chi connectivity index (χ3v) is 7.92. The van der Waals surface area contributed by atoms with Gasteiger partial charge in [-0.1, -0.05) is 57.9 Å². The van der Waals surface area contributed by atoms with E-state index >= 15 is 0 Å². The minimum Gasteiger partial charge on any atom is -0.478 e. The molecular formula is C24H36O2. The number of fused-ring (bicyclic) bond motifs is 3. The van der Waals surface area contributed by atoms with Crippen molar-refractivity contribution in [2.45, 2.75) is 79.6 Å². The van der Waals surface area contributed by atoms with Crippen molar-refractivity contribution in [2.24, 2.45) is 28.6 Å². The fourth-order valence-corrected chi connectivity index (χ4v) is 6.19. The molecule has 3 aliphatic carbocycles. The largest absolute Gasteiger partial charge is 0.478 e. The zero-order chi connectivity index (χ0) is 19.1. The minimum absolute atomic E-state index is 0.216. The van der Waals surface area contributed by atoms with Crippen LogP contribution >= 0.6 is 0 Å². The molecule has 0 bridgehead atoms. The van der Waals surface area contributed by atoms with Crippen LogP contribution < -0.4 is 0 Å². The first-order chi connectivity index (χ1) is 12.2. The normalized spacial score (nSPS) is 37.5. The van der Waals surface area contributed by atoms with E-state index in [9.17, 15) is 9.90 Å². The van der Waals surface area contributed by atoms with Crippen molar-refractivity contribution >= 4 is 5.97 Å². The molecule has 0 unspecified atom stereocenters. The van der Waals surface area contributed by atoms with Gasteiger partial charge in [0, 0.05) is 5.57 Å². The van der Waals surface area contributed by atoms with Gasteiger partial charge in [0.25, 0.3) is 0 Å². The van der Waals surface area contributed by atoms with Crippen LogP contribution in [-0.4, -0.2) is 11.1 Å². The Morgan fingerprint density at radius 3 is 2.73 bits per heavy atom. The van der Waals surface area contributed by atoms with Gasteiger partial charge in [-0.25, -0.2) is 4.79 Å². The number of carboxylic acid groups (broad SMARTS) is 1. The molecule has 2 nitrogen and oxygen atoms in total. The van der Waals surface area contributed by atoms with Crippen LogP contribution in [0.4, 0.5) is 0 Å². The van der Waals surface area contributed by atoms with Gasteiger partial charge in [0.15, 0.2) is 0 Å². The zero-order valence-electron chi connectivity index (χ0n) is 17.3. The van der Waals surface area contributed by atoms with E-state index in [-0.39, 0.29) is 5.41 Å². The summed E-state index contributed by atoms with van der Waals surface area (Å²) >= 11 is 0. The zero-order valence-corrected chi connectivity index (χ0v) is 17.3. The van der Waals surface area contributed by atoms with Crippen LogP contribution in [0.5, 0.6) is 0 Å². The Kier molecular flexibility index (Phi) is 5.25. The molecule has 0 aromatic rings. The fraction of sp³-hybridized carbons (Fsp3) is 0.708. The summed E-state index contributed by atoms with van der Waals surface area (Å²) < 4.78 is 0. The van der Waals surface area contributed by atoms with Gasteiger partial charge in [0.2, 0.25) is 0 Å². The van der Waals surface area contributed by atoms with Crippen molar-refractivity contribution in [3.05, 3.63) is 34.9 Å². The SMILES string of the molecule is C/C(=C\C[C@]1(C)CCC[C@]2(C)[C@H]3CCC(C(C)C)=CC3=CC[C@@H]12)C(=O)O. The maximum absolute atomic E-state index is 11.2. The van der Waals surface area contributed by atoms with E-state index < -0.39 is 5.97 Å². The molecular weight excluding hydrogens is 320 g/mol. The van der Waals surface area contributed by atoms with Crippen LogP contribution in [0.15, 0.2) is 34.9 Å². The number of rotatable bonds is 4. The molecule has 0 amide bonds. The first kappa shape index (κ1) is 19.5. The number of hydrogen-bond acceptors (Lipinski definition) is 1. The molecule has 2 heteroatoms. The van der Waals surface area contributed by atoms with E-state index in [1.54, 1.807) is 18.1 Å². The van der Waals surface area contributed by atoms with Crippen LogP contribution in [-0.2, 0) is 4.79 Å². The van der Waals surface area contributed by atoms with E-state index in [1.165, 1.54) is 32.1 Å². The summed E-state index contributed by atoms with van der Waals surface area (Å²) in [4.78, 5) is 11.2. The summed E-state index contributed by atoms with van der Waals surface area (Å²) in [5, 5.41) is 9.22. The lowest BCUT2D eigenvalue weighted by Crippen LogP contribution is -2.50. The second-order valence-corrected chi connectivity index (χ2v) is 9.87. The Morgan fingerprint density at radius 2 is 2.08 bits per heavy atom. The third-order valence-electron chi connectivity index (χ3n) is 7.92. The number of aliphatic carboxylic acids is 1. The highest BCUT2D eigenvalue weighted by atomic mass is 16.4. The van der Waals surface area contributed by atoms with Crippen LogP contribution in [0.3, 0.4) is 0 Å². The first-order valence-corrected chi connectivity index (χ1v) is 10.5. The fourth-order valence-electron chi connectivity index (χ4n) is 6.19. The molecule has 1 fully saturated rings. The second-order valence-electron chi connectivity index (χ2n) is 9.87. The standard InChI is InChI=1S/C24H36O2/c1-16(2)18-7-9-20-19(15-18)8-10-21-23(4,12-6-13-24(20,21)5)14-11-17(3)22(25)26/h8,11,15-16,20-21H,6-7,9-10,12-14H2,1-5H3,(H,25,26)/b17-11+/t20-,21-,23-,24+/m0/s1. The number of hydrogen-bond donors (Lipinski definition) is 1. The van der Waals surface area contributed by atoms with Gasteiger partial charge in [-0.3, -0.25) is 0 Å². The van der Waals surface area contributed by atoms with Gasteiger partial charge in [0.1, 0.15) is 0 Å². The van der Waals surface area contributed by atoms with E-state index in [0.29, 0.717) is 28.7 Å². The van der Waals surface area contributed by atoms with Crippen LogP contribution in [0.2, 0.25) is 0 Å². The molecule has 0 radical (unpaired) electrons. The average Bonchev–Trinajstić information content (AvgIpc) is 2.59. The monoisotopic (exact) mass is 356 g/mol. The summed E-state index contributed by atoms with van der Waals surface area (Å²) in [7, 11) is 0.